The van der Waals surface area contributed by atoms with Crippen LogP contribution in [-0.4, -0.2) is 12.8 Å². The third kappa shape index (κ3) is 7.39. The summed E-state index contributed by atoms with van der Waals surface area (Å²) in [5.74, 6) is 0. The maximum atomic E-state index is 7.08. The van der Waals surface area contributed by atoms with Crippen molar-refractivity contribution in [2.24, 2.45) is 0 Å². The number of pyridine rings is 1. The van der Waals surface area contributed by atoms with E-state index < -0.39 is 0 Å². The molecule has 1 heterocycles. The molecule has 3 nitrogen and oxygen atoms in total. The fraction of sp³-hybridized carbons (Fsp3) is 0.263. The van der Waals surface area contributed by atoms with Crippen LogP contribution < -0.4 is 4.57 Å². The van der Waals surface area contributed by atoms with Crippen molar-refractivity contribution in [2.45, 2.75) is 25.8 Å². The molecule has 1 aromatic rings. The molecule has 0 amide bonds. The molecule has 1 rings (SSSR count). The first kappa shape index (κ1) is 17.6. The molecule has 0 spiro atoms. The molecule has 0 saturated carbocycles. The van der Waals surface area contributed by atoms with Crippen LogP contribution in [0.3, 0.4) is 0 Å². The number of nitrogens with zero attached hydrogens (tertiary/aromatic N) is 1. The fourth-order valence-electron chi connectivity index (χ4n) is 1.94. The van der Waals surface area contributed by atoms with Crippen molar-refractivity contribution in [3.63, 3.8) is 0 Å². The summed E-state index contributed by atoms with van der Waals surface area (Å²) in [7, 11) is 0. The minimum atomic E-state index is 0.671. The molecule has 0 fully saturated rings. The number of hydrogen-bond acceptors (Lipinski definition) is 2. The summed E-state index contributed by atoms with van der Waals surface area (Å²) in [6, 6.07) is 4.23. The fourth-order valence-corrected chi connectivity index (χ4v) is 1.94. The number of allylic oxidation sites excluding steroid dienone is 5. The normalized spacial score (nSPS) is 11.4. The molecule has 1 N–H and O–H groups in total. The second kappa shape index (κ2) is 11.3. The molecule has 0 aromatic carbocycles. The van der Waals surface area contributed by atoms with Crippen LogP contribution in [0.4, 0.5) is 0 Å². The zero-order valence-electron chi connectivity index (χ0n) is 13.1. The molecule has 0 unspecified atom stereocenters. The second-order valence-corrected chi connectivity index (χ2v) is 4.87. The molecule has 0 saturated heterocycles. The summed E-state index contributed by atoms with van der Waals surface area (Å²) in [5, 5.41) is 7.08. The van der Waals surface area contributed by atoms with E-state index in [1.807, 2.05) is 18.2 Å². The molecule has 0 atom stereocenters. The van der Waals surface area contributed by atoms with Crippen LogP contribution in [0.15, 0.2) is 73.8 Å². The predicted molar refractivity (Wildman–Crippen MR) is 91.9 cm³/mol. The van der Waals surface area contributed by atoms with Gasteiger partial charge in [0, 0.05) is 24.8 Å². The van der Waals surface area contributed by atoms with Gasteiger partial charge in [-0.25, -0.2) is 4.57 Å². The lowest BCUT2D eigenvalue weighted by atomic mass is 10.2. The van der Waals surface area contributed by atoms with Gasteiger partial charge < -0.3 is 10.1 Å². The van der Waals surface area contributed by atoms with Crippen molar-refractivity contribution in [1.29, 1.82) is 5.41 Å². The van der Waals surface area contributed by atoms with Crippen molar-refractivity contribution in [2.75, 3.05) is 6.61 Å². The predicted octanol–water partition coefficient (Wildman–Crippen LogP) is 3.78. The van der Waals surface area contributed by atoms with E-state index in [2.05, 4.69) is 42.3 Å². The highest BCUT2D eigenvalue weighted by atomic mass is 16.5. The Morgan fingerprint density at radius 2 is 2.00 bits per heavy atom. The maximum Gasteiger partial charge on any atom is 0.169 e. The second-order valence-electron chi connectivity index (χ2n) is 4.87. The maximum absolute atomic E-state index is 7.08. The van der Waals surface area contributed by atoms with Gasteiger partial charge in [0.25, 0.3) is 0 Å². The lowest BCUT2D eigenvalue weighted by molar-refractivity contribution is -0.697. The van der Waals surface area contributed by atoms with Gasteiger partial charge in [-0.2, -0.15) is 0 Å². The van der Waals surface area contributed by atoms with Gasteiger partial charge in [0.15, 0.2) is 18.9 Å². The molecule has 0 aliphatic heterocycles. The monoisotopic (exact) mass is 297 g/mol. The highest BCUT2D eigenvalue weighted by Crippen LogP contribution is 2.03. The summed E-state index contributed by atoms with van der Waals surface area (Å²) in [6.45, 7) is 9.03. The third-order valence-electron chi connectivity index (χ3n) is 3.07. The zero-order valence-corrected chi connectivity index (χ0v) is 13.1. The summed E-state index contributed by atoms with van der Waals surface area (Å²) in [6.07, 6.45) is 17.1. The van der Waals surface area contributed by atoms with Crippen LogP contribution in [0.5, 0.6) is 0 Å². The first-order chi connectivity index (χ1) is 10.8. The van der Waals surface area contributed by atoms with Gasteiger partial charge in [-0.15, -0.1) is 13.2 Å². The number of rotatable bonds is 11. The quantitative estimate of drug-likeness (QED) is 0.166. The molecule has 0 aliphatic rings. The molecule has 116 valence electrons. The average molecular weight is 297 g/mol. The van der Waals surface area contributed by atoms with Gasteiger partial charge in [0.2, 0.25) is 0 Å². The van der Waals surface area contributed by atoms with E-state index in [0.717, 1.165) is 31.4 Å². The molecular formula is C19H25N2O+. The van der Waals surface area contributed by atoms with Gasteiger partial charge >= 0.3 is 0 Å². The Balaban J connectivity index is 2.27. The van der Waals surface area contributed by atoms with Gasteiger partial charge in [-0.3, -0.25) is 0 Å². The first-order valence-corrected chi connectivity index (χ1v) is 7.47. The van der Waals surface area contributed by atoms with Gasteiger partial charge in [0.1, 0.15) is 0 Å². The van der Waals surface area contributed by atoms with E-state index in [-0.39, 0.29) is 0 Å². The molecule has 0 bridgehead atoms. The Bertz CT molecular complexity index is 527. The third-order valence-corrected chi connectivity index (χ3v) is 3.07. The summed E-state index contributed by atoms with van der Waals surface area (Å²) < 4.78 is 7.63. The highest BCUT2D eigenvalue weighted by Gasteiger charge is 1.99. The van der Waals surface area contributed by atoms with E-state index in [1.54, 1.807) is 12.3 Å². The molecule has 0 radical (unpaired) electrons. The lowest BCUT2D eigenvalue weighted by Crippen LogP contribution is -2.33. The summed E-state index contributed by atoms with van der Waals surface area (Å²) in [4.78, 5) is 0. The summed E-state index contributed by atoms with van der Waals surface area (Å²) in [5.41, 5.74) is 2.29. The van der Waals surface area contributed by atoms with Crippen molar-refractivity contribution in [1.82, 2.24) is 0 Å². The minimum Gasteiger partial charge on any atom is -0.501 e. The van der Waals surface area contributed by atoms with Crippen molar-refractivity contribution in [3.8, 4) is 0 Å². The van der Waals surface area contributed by atoms with Crippen LogP contribution in [0.1, 0.15) is 18.4 Å². The number of aromatic nitrogens is 1. The molecule has 0 aliphatic carbocycles. The number of nitrogens with one attached hydrogen (secondary N) is 1. The lowest BCUT2D eigenvalue weighted by Gasteiger charge is -2.01. The van der Waals surface area contributed by atoms with Gasteiger partial charge in [-0.05, 0) is 36.1 Å². The van der Waals surface area contributed by atoms with Crippen LogP contribution >= 0.6 is 0 Å². The Morgan fingerprint density at radius 1 is 1.23 bits per heavy atom. The van der Waals surface area contributed by atoms with Crippen molar-refractivity contribution >= 4 is 6.21 Å². The Labute approximate surface area is 133 Å². The van der Waals surface area contributed by atoms with E-state index in [4.69, 9.17) is 10.1 Å². The smallest absolute Gasteiger partial charge is 0.169 e. The number of aryl methyl sites for hydroxylation is 1. The van der Waals surface area contributed by atoms with E-state index in [9.17, 15) is 0 Å². The van der Waals surface area contributed by atoms with Crippen LogP contribution in [0, 0.1) is 5.41 Å². The standard InChI is InChI=1S/C19H25N2O/c1-3-6-18(8-12-20)11-17-22-16-5-13-21-14-9-19(7-4-2)10-15-21/h3-4,8-12,14-15,17,20H,1-2,5-7,13,16H2/q+1/b17-11-,18-8-,20-12?. The largest absolute Gasteiger partial charge is 0.501 e. The molecule has 22 heavy (non-hydrogen) atoms. The van der Waals surface area contributed by atoms with Crippen molar-refractivity contribution < 1.29 is 9.30 Å². The Hall–Kier alpha value is -2.42. The van der Waals surface area contributed by atoms with Crippen LogP contribution in [0.25, 0.3) is 0 Å². The molecule has 3 heteroatoms. The summed E-state index contributed by atoms with van der Waals surface area (Å²) >= 11 is 0. The van der Waals surface area contributed by atoms with Crippen LogP contribution in [0.2, 0.25) is 0 Å². The Kier molecular flexibility index (Phi) is 9.03. The molecule has 1 aromatic heterocycles. The highest BCUT2D eigenvalue weighted by molar-refractivity contribution is 5.69. The van der Waals surface area contributed by atoms with Gasteiger partial charge in [0.05, 0.1) is 12.9 Å². The number of ether oxygens (including phenoxy) is 1. The van der Waals surface area contributed by atoms with Crippen LogP contribution in [-0.2, 0) is 17.7 Å². The van der Waals surface area contributed by atoms with E-state index >= 15 is 0 Å². The Morgan fingerprint density at radius 3 is 2.64 bits per heavy atom. The topological polar surface area (TPSA) is 37.0 Å². The van der Waals surface area contributed by atoms with Crippen molar-refractivity contribution in [3.05, 3.63) is 79.4 Å². The van der Waals surface area contributed by atoms with E-state index in [1.165, 1.54) is 11.8 Å². The molecular weight excluding hydrogens is 272 g/mol. The van der Waals surface area contributed by atoms with Gasteiger partial charge in [-0.1, -0.05) is 12.2 Å². The average Bonchev–Trinajstić information content (AvgIpc) is 2.53. The zero-order chi connectivity index (χ0) is 16.0. The minimum absolute atomic E-state index is 0.671. The van der Waals surface area contributed by atoms with E-state index in [0.29, 0.717) is 6.61 Å². The first-order valence-electron chi connectivity index (χ1n) is 7.47. The number of hydrogen-bond donors (Lipinski definition) is 1. The SMILES string of the molecule is C=CCC(/C=C\OCCC[n+]1ccc(CC=C)cc1)=C/C=N.